The van der Waals surface area contributed by atoms with Crippen molar-refractivity contribution in [2.24, 2.45) is 0 Å². The fourth-order valence-corrected chi connectivity index (χ4v) is 1.85. The molecule has 0 unspecified atom stereocenters. The van der Waals surface area contributed by atoms with Gasteiger partial charge in [0.15, 0.2) is 5.82 Å². The van der Waals surface area contributed by atoms with Gasteiger partial charge in [0.25, 0.3) is 0 Å². The zero-order chi connectivity index (χ0) is 13.9. The van der Waals surface area contributed by atoms with Crippen molar-refractivity contribution in [1.29, 1.82) is 0 Å². The van der Waals surface area contributed by atoms with Gasteiger partial charge in [0.1, 0.15) is 11.6 Å². The third kappa shape index (κ3) is 2.78. The van der Waals surface area contributed by atoms with Gasteiger partial charge in [-0.2, -0.15) is 5.10 Å². The summed E-state index contributed by atoms with van der Waals surface area (Å²) in [6.45, 7) is 1.99. The molecule has 6 heteroatoms. The van der Waals surface area contributed by atoms with Crippen molar-refractivity contribution in [1.82, 2.24) is 19.7 Å². The molecule has 0 fully saturated rings. The molecule has 5 nitrogen and oxygen atoms in total. The Morgan fingerprint density at radius 3 is 2.70 bits per heavy atom. The van der Waals surface area contributed by atoms with Gasteiger partial charge in [-0.3, -0.25) is 0 Å². The molecule has 0 aromatic carbocycles. The summed E-state index contributed by atoms with van der Waals surface area (Å²) in [6, 6.07) is 9.26. The Balaban J connectivity index is 1.86. The predicted octanol–water partition coefficient (Wildman–Crippen LogP) is 3.37. The lowest BCUT2D eigenvalue weighted by atomic mass is 10.4. The first-order chi connectivity index (χ1) is 9.70. The lowest BCUT2D eigenvalue weighted by Gasteiger charge is -2.06. The first-order valence-corrected chi connectivity index (χ1v) is 6.46. The standard InChI is InChI=1S/C14H12ClN5/c1-10-7-17-20(9-10)14-4-2-3-13(19-14)18-12-6-5-11(15)8-16-12/h2-9H,1H3,(H,16,18,19). The van der Waals surface area contributed by atoms with Crippen LogP contribution in [0.1, 0.15) is 5.56 Å². The van der Waals surface area contributed by atoms with Crippen LogP contribution in [0.4, 0.5) is 11.6 Å². The second-order valence-corrected chi connectivity index (χ2v) is 4.77. The minimum Gasteiger partial charge on any atom is -0.325 e. The minimum atomic E-state index is 0.601. The summed E-state index contributed by atoms with van der Waals surface area (Å²) in [5.74, 6) is 2.14. The molecule has 3 rings (SSSR count). The molecule has 0 radical (unpaired) electrons. The molecule has 0 saturated heterocycles. The molecule has 0 aliphatic heterocycles. The minimum absolute atomic E-state index is 0.601. The number of hydrogen-bond donors (Lipinski definition) is 1. The number of aryl methyl sites for hydroxylation is 1. The van der Waals surface area contributed by atoms with Gasteiger partial charge in [0, 0.05) is 12.4 Å². The largest absolute Gasteiger partial charge is 0.325 e. The molecule has 20 heavy (non-hydrogen) atoms. The van der Waals surface area contributed by atoms with E-state index in [0.717, 1.165) is 11.4 Å². The second kappa shape index (κ2) is 5.30. The van der Waals surface area contributed by atoms with Gasteiger partial charge >= 0.3 is 0 Å². The smallest absolute Gasteiger partial charge is 0.155 e. The average Bonchev–Trinajstić information content (AvgIpc) is 2.89. The van der Waals surface area contributed by atoms with Crippen LogP contribution < -0.4 is 5.32 Å². The monoisotopic (exact) mass is 285 g/mol. The number of aromatic nitrogens is 4. The van der Waals surface area contributed by atoms with Crippen LogP contribution in [0, 0.1) is 6.92 Å². The SMILES string of the molecule is Cc1cnn(-c2cccc(Nc3ccc(Cl)cn3)n2)c1. The van der Waals surface area contributed by atoms with Crippen LogP contribution in [0.2, 0.25) is 5.02 Å². The van der Waals surface area contributed by atoms with Crippen LogP contribution in [0.25, 0.3) is 5.82 Å². The Bertz CT molecular complexity index is 720. The van der Waals surface area contributed by atoms with Crippen LogP contribution in [0.5, 0.6) is 0 Å². The highest BCUT2D eigenvalue weighted by Gasteiger charge is 2.02. The van der Waals surface area contributed by atoms with E-state index in [9.17, 15) is 0 Å². The number of anilines is 2. The molecule has 3 aromatic rings. The molecule has 100 valence electrons. The molecule has 0 amide bonds. The molecule has 0 aliphatic rings. The van der Waals surface area contributed by atoms with Gasteiger partial charge in [0.05, 0.1) is 11.2 Å². The summed E-state index contributed by atoms with van der Waals surface area (Å²) in [6.07, 6.45) is 5.31. The van der Waals surface area contributed by atoms with Gasteiger partial charge in [-0.1, -0.05) is 17.7 Å². The summed E-state index contributed by atoms with van der Waals surface area (Å²) in [4.78, 5) is 8.67. The highest BCUT2D eigenvalue weighted by atomic mass is 35.5. The van der Waals surface area contributed by atoms with E-state index in [4.69, 9.17) is 11.6 Å². The fraction of sp³-hybridized carbons (Fsp3) is 0.0714. The maximum atomic E-state index is 5.80. The number of rotatable bonds is 3. The van der Waals surface area contributed by atoms with E-state index >= 15 is 0 Å². The van der Waals surface area contributed by atoms with Crippen molar-refractivity contribution in [3.05, 3.63) is 59.5 Å². The van der Waals surface area contributed by atoms with Gasteiger partial charge in [-0.05, 0) is 36.8 Å². The van der Waals surface area contributed by atoms with Gasteiger partial charge in [0.2, 0.25) is 0 Å². The topological polar surface area (TPSA) is 55.6 Å². The maximum Gasteiger partial charge on any atom is 0.155 e. The molecule has 0 atom stereocenters. The van der Waals surface area contributed by atoms with E-state index < -0.39 is 0 Å². The third-order valence-corrected chi connectivity index (χ3v) is 2.89. The van der Waals surface area contributed by atoms with Gasteiger partial charge in [-0.25, -0.2) is 14.6 Å². The Hall–Kier alpha value is -2.40. The zero-order valence-corrected chi connectivity index (χ0v) is 11.5. The molecular formula is C14H12ClN5. The molecule has 1 N–H and O–H groups in total. The van der Waals surface area contributed by atoms with Crippen LogP contribution >= 0.6 is 11.6 Å². The lowest BCUT2D eigenvalue weighted by molar-refractivity contribution is 0.848. The summed E-state index contributed by atoms with van der Waals surface area (Å²) in [7, 11) is 0. The Morgan fingerprint density at radius 2 is 2.00 bits per heavy atom. The van der Waals surface area contributed by atoms with Crippen molar-refractivity contribution < 1.29 is 0 Å². The van der Waals surface area contributed by atoms with Gasteiger partial charge < -0.3 is 5.32 Å². The van der Waals surface area contributed by atoms with E-state index in [1.54, 1.807) is 29.2 Å². The Kier molecular flexibility index (Phi) is 3.35. The normalized spacial score (nSPS) is 10.5. The summed E-state index contributed by atoms with van der Waals surface area (Å²) in [5, 5.41) is 7.97. The zero-order valence-electron chi connectivity index (χ0n) is 10.8. The highest BCUT2D eigenvalue weighted by Crippen LogP contribution is 2.16. The maximum absolute atomic E-state index is 5.80. The summed E-state index contributed by atoms with van der Waals surface area (Å²) in [5.41, 5.74) is 1.09. The van der Waals surface area contributed by atoms with Crippen LogP contribution in [-0.4, -0.2) is 19.7 Å². The summed E-state index contributed by atoms with van der Waals surface area (Å²) < 4.78 is 1.73. The molecule has 0 spiro atoms. The number of nitrogens with one attached hydrogen (secondary N) is 1. The summed E-state index contributed by atoms with van der Waals surface area (Å²) >= 11 is 5.80. The molecule has 0 aliphatic carbocycles. The second-order valence-electron chi connectivity index (χ2n) is 4.33. The number of halogens is 1. The quantitative estimate of drug-likeness (QED) is 0.801. The van der Waals surface area contributed by atoms with Crippen LogP contribution in [0.3, 0.4) is 0 Å². The van der Waals surface area contributed by atoms with Gasteiger partial charge in [-0.15, -0.1) is 0 Å². The average molecular weight is 286 g/mol. The first-order valence-electron chi connectivity index (χ1n) is 6.08. The van der Waals surface area contributed by atoms with Crippen molar-refractivity contribution in [2.45, 2.75) is 6.92 Å². The van der Waals surface area contributed by atoms with E-state index in [1.807, 2.05) is 31.3 Å². The molecule has 0 saturated carbocycles. The van der Waals surface area contributed by atoms with E-state index in [1.165, 1.54) is 0 Å². The number of pyridine rings is 2. The number of nitrogens with zero attached hydrogens (tertiary/aromatic N) is 4. The van der Waals surface area contributed by atoms with Crippen LogP contribution in [0.15, 0.2) is 48.9 Å². The highest BCUT2D eigenvalue weighted by molar-refractivity contribution is 6.30. The van der Waals surface area contributed by atoms with E-state index in [-0.39, 0.29) is 0 Å². The molecule has 3 heterocycles. The molecule has 3 aromatic heterocycles. The van der Waals surface area contributed by atoms with E-state index in [0.29, 0.717) is 16.7 Å². The molecular weight excluding hydrogens is 274 g/mol. The van der Waals surface area contributed by atoms with Crippen LogP contribution in [-0.2, 0) is 0 Å². The predicted molar refractivity (Wildman–Crippen MR) is 78.6 cm³/mol. The van der Waals surface area contributed by atoms with E-state index in [2.05, 4.69) is 20.4 Å². The lowest BCUT2D eigenvalue weighted by Crippen LogP contribution is -2.01. The Morgan fingerprint density at radius 1 is 1.10 bits per heavy atom. The van der Waals surface area contributed by atoms with Crippen molar-refractivity contribution in [3.8, 4) is 5.82 Å². The van der Waals surface area contributed by atoms with Crippen molar-refractivity contribution >= 4 is 23.2 Å². The van der Waals surface area contributed by atoms with Crippen molar-refractivity contribution in [3.63, 3.8) is 0 Å². The third-order valence-electron chi connectivity index (χ3n) is 2.66. The first kappa shape index (κ1) is 12.6. The fourth-order valence-electron chi connectivity index (χ4n) is 1.74. The Labute approximate surface area is 121 Å². The molecule has 0 bridgehead atoms. The number of hydrogen-bond acceptors (Lipinski definition) is 4. The van der Waals surface area contributed by atoms with Crippen molar-refractivity contribution in [2.75, 3.05) is 5.32 Å².